The lowest BCUT2D eigenvalue weighted by Gasteiger charge is -2.23. The third-order valence-corrected chi connectivity index (χ3v) is 7.41. The van der Waals surface area contributed by atoms with Gasteiger partial charge in [0.05, 0.1) is 5.92 Å². The third-order valence-electron chi connectivity index (χ3n) is 7.41. The number of rotatable bonds is 7. The highest BCUT2D eigenvalue weighted by atomic mass is 16.5. The number of piperidine rings is 1. The van der Waals surface area contributed by atoms with Crippen LogP contribution in [-0.4, -0.2) is 53.7 Å². The van der Waals surface area contributed by atoms with Gasteiger partial charge in [0.25, 0.3) is 0 Å². The lowest BCUT2D eigenvalue weighted by Crippen LogP contribution is -2.41. The number of benzene rings is 2. The van der Waals surface area contributed by atoms with Gasteiger partial charge in [-0.25, -0.2) is 4.79 Å². The van der Waals surface area contributed by atoms with Crippen LogP contribution < -0.4 is 5.32 Å². The summed E-state index contributed by atoms with van der Waals surface area (Å²) in [7, 11) is 0. The minimum Gasteiger partial charge on any atom is -0.481 e. The van der Waals surface area contributed by atoms with Crippen molar-refractivity contribution < 1.29 is 24.2 Å². The number of carboxylic acid groups (broad SMARTS) is 1. The van der Waals surface area contributed by atoms with Crippen LogP contribution in [0, 0.1) is 17.8 Å². The van der Waals surface area contributed by atoms with E-state index in [1.165, 1.54) is 11.1 Å². The van der Waals surface area contributed by atoms with Crippen LogP contribution in [0.25, 0.3) is 11.1 Å². The van der Waals surface area contributed by atoms with Gasteiger partial charge in [-0.05, 0) is 40.5 Å². The number of carbonyl (C=O) groups excluding carboxylic acids is 2. The second-order valence-electron chi connectivity index (χ2n) is 9.27. The Bertz CT molecular complexity index is 1040. The van der Waals surface area contributed by atoms with Crippen LogP contribution in [0.4, 0.5) is 4.79 Å². The molecule has 1 aliphatic heterocycles. The average molecular weight is 449 g/mol. The number of carboxylic acids is 1. The molecule has 3 aliphatic rings. The smallest absolute Gasteiger partial charge is 0.407 e. The summed E-state index contributed by atoms with van der Waals surface area (Å²) in [4.78, 5) is 38.1. The molecule has 2 amide bonds. The number of hydrogen-bond donors (Lipinski definition) is 2. The van der Waals surface area contributed by atoms with Gasteiger partial charge in [-0.15, -0.1) is 0 Å². The van der Waals surface area contributed by atoms with Crippen LogP contribution in [0.15, 0.2) is 48.5 Å². The molecule has 0 spiro atoms. The number of nitrogens with zero attached hydrogens (tertiary/aromatic N) is 1. The zero-order chi connectivity index (χ0) is 23.1. The molecule has 172 valence electrons. The highest BCUT2D eigenvalue weighted by Crippen LogP contribution is 2.51. The molecule has 0 radical (unpaired) electrons. The normalized spacial score (nSPS) is 23.3. The number of fused-ring (bicyclic) bond motifs is 4. The maximum absolute atomic E-state index is 12.7. The van der Waals surface area contributed by atoms with Crippen LogP contribution in [-0.2, 0) is 14.3 Å². The van der Waals surface area contributed by atoms with Gasteiger partial charge in [0.2, 0.25) is 5.91 Å². The number of amides is 2. The first-order chi connectivity index (χ1) is 16.0. The summed E-state index contributed by atoms with van der Waals surface area (Å²) in [6.45, 7) is 3.16. The fraction of sp³-hybridized carbons (Fsp3) is 0.423. The second-order valence-corrected chi connectivity index (χ2v) is 9.27. The summed E-state index contributed by atoms with van der Waals surface area (Å²) in [6.07, 6.45) is 0.276. The number of likely N-dealkylation sites (tertiary alicyclic amines) is 1. The van der Waals surface area contributed by atoms with Gasteiger partial charge in [0.15, 0.2) is 0 Å². The maximum Gasteiger partial charge on any atom is 0.407 e. The lowest BCUT2D eigenvalue weighted by atomic mass is 9.98. The predicted octanol–water partition coefficient (Wildman–Crippen LogP) is 3.48. The van der Waals surface area contributed by atoms with Crippen molar-refractivity contribution in [2.24, 2.45) is 17.8 Å². The molecule has 1 unspecified atom stereocenters. The largest absolute Gasteiger partial charge is 0.481 e. The molecule has 1 saturated carbocycles. The Kier molecular flexibility index (Phi) is 5.56. The van der Waals surface area contributed by atoms with Gasteiger partial charge in [0.1, 0.15) is 6.61 Å². The quantitative estimate of drug-likeness (QED) is 0.676. The third kappa shape index (κ3) is 3.96. The number of carbonyl (C=O) groups is 3. The van der Waals surface area contributed by atoms with Gasteiger partial charge in [-0.2, -0.15) is 0 Å². The van der Waals surface area contributed by atoms with Gasteiger partial charge in [-0.3, -0.25) is 9.59 Å². The van der Waals surface area contributed by atoms with Crippen LogP contribution in [0.2, 0.25) is 0 Å². The Morgan fingerprint density at radius 1 is 1.03 bits per heavy atom. The van der Waals surface area contributed by atoms with Gasteiger partial charge < -0.3 is 20.1 Å². The van der Waals surface area contributed by atoms with E-state index in [-0.39, 0.29) is 48.6 Å². The Morgan fingerprint density at radius 2 is 1.61 bits per heavy atom. The van der Waals surface area contributed by atoms with E-state index in [2.05, 4.69) is 29.6 Å². The first kappa shape index (κ1) is 21.5. The number of ether oxygens (including phenoxy) is 1. The average Bonchev–Trinajstić information content (AvgIpc) is 3.17. The molecule has 0 bridgehead atoms. The van der Waals surface area contributed by atoms with Crippen molar-refractivity contribution in [2.45, 2.75) is 31.7 Å². The van der Waals surface area contributed by atoms with Crippen molar-refractivity contribution in [3.8, 4) is 11.1 Å². The van der Waals surface area contributed by atoms with Crippen molar-refractivity contribution in [2.75, 3.05) is 19.7 Å². The molecule has 1 heterocycles. The standard InChI is InChI=1S/C26H28N2O5/c1-2-15(11-23(29)28-12-20-21(13-28)24(20)25(30)31)27-26(32)33-14-22-18-9-5-3-7-16(18)17-8-4-6-10-19(17)22/h3-10,15,20-22,24H,2,11-14H2,1H3,(H,27,32)(H,30,31)/t15-,20-,21+,24?/m1/s1. The van der Waals surface area contributed by atoms with E-state index in [4.69, 9.17) is 9.84 Å². The van der Waals surface area contributed by atoms with Crippen molar-refractivity contribution in [1.82, 2.24) is 10.2 Å². The van der Waals surface area contributed by atoms with Gasteiger partial charge in [0, 0.05) is 31.5 Å². The van der Waals surface area contributed by atoms with Crippen molar-refractivity contribution in [3.05, 3.63) is 59.7 Å². The number of aliphatic carboxylic acids is 1. The molecule has 4 atom stereocenters. The van der Waals surface area contributed by atoms with Crippen molar-refractivity contribution in [1.29, 1.82) is 0 Å². The summed E-state index contributed by atoms with van der Waals surface area (Å²) in [5.74, 6) is -0.945. The summed E-state index contributed by atoms with van der Waals surface area (Å²) in [6, 6.07) is 16.0. The number of hydrogen-bond acceptors (Lipinski definition) is 4. The molecule has 7 heteroatoms. The predicted molar refractivity (Wildman–Crippen MR) is 122 cm³/mol. The Morgan fingerprint density at radius 3 is 2.15 bits per heavy atom. The lowest BCUT2D eigenvalue weighted by molar-refractivity contribution is -0.141. The van der Waals surface area contributed by atoms with Crippen molar-refractivity contribution >= 4 is 18.0 Å². The van der Waals surface area contributed by atoms with Crippen LogP contribution in [0.3, 0.4) is 0 Å². The fourth-order valence-electron chi connectivity index (χ4n) is 5.54. The minimum absolute atomic E-state index is 0.0108. The first-order valence-corrected chi connectivity index (χ1v) is 11.6. The second kappa shape index (κ2) is 8.54. The molecule has 2 aromatic rings. The number of nitrogens with one attached hydrogen (secondary N) is 1. The van der Waals surface area contributed by atoms with E-state index < -0.39 is 12.1 Å². The molecule has 7 nitrogen and oxygen atoms in total. The zero-order valence-corrected chi connectivity index (χ0v) is 18.6. The number of alkyl carbamates (subject to hydrolysis) is 1. The zero-order valence-electron chi connectivity index (χ0n) is 18.6. The molecule has 33 heavy (non-hydrogen) atoms. The Labute approximate surface area is 192 Å². The molecule has 2 aliphatic carbocycles. The summed E-state index contributed by atoms with van der Waals surface area (Å²) in [5, 5.41) is 12.0. The van der Waals surface area contributed by atoms with Crippen LogP contribution >= 0.6 is 0 Å². The molecule has 2 N–H and O–H groups in total. The Balaban J connectivity index is 1.14. The molecule has 2 fully saturated rings. The SMILES string of the molecule is CC[C@H](CC(=O)N1C[C@@H]2C(C(=O)O)[C@@H]2C1)NC(=O)OCC1c2ccccc2-c2ccccc21. The first-order valence-electron chi connectivity index (χ1n) is 11.6. The minimum atomic E-state index is -0.763. The van der Waals surface area contributed by atoms with Gasteiger partial charge in [-0.1, -0.05) is 55.5 Å². The van der Waals surface area contributed by atoms with E-state index in [0.717, 1.165) is 11.1 Å². The topological polar surface area (TPSA) is 95.9 Å². The van der Waals surface area contributed by atoms with E-state index in [0.29, 0.717) is 19.5 Å². The van der Waals surface area contributed by atoms with Gasteiger partial charge >= 0.3 is 12.1 Å². The van der Waals surface area contributed by atoms with E-state index >= 15 is 0 Å². The molecule has 0 aromatic heterocycles. The summed E-state index contributed by atoms with van der Waals surface area (Å²) in [5.41, 5.74) is 4.66. The highest BCUT2D eigenvalue weighted by Gasteiger charge is 2.60. The summed E-state index contributed by atoms with van der Waals surface area (Å²) < 4.78 is 5.60. The van der Waals surface area contributed by atoms with Crippen LogP contribution in [0.5, 0.6) is 0 Å². The summed E-state index contributed by atoms with van der Waals surface area (Å²) >= 11 is 0. The molecule has 2 aromatic carbocycles. The molecular weight excluding hydrogens is 420 g/mol. The molecule has 1 saturated heterocycles. The fourth-order valence-corrected chi connectivity index (χ4v) is 5.54. The molecular formula is C26H28N2O5. The maximum atomic E-state index is 12.7. The van der Waals surface area contributed by atoms with E-state index in [1.807, 2.05) is 31.2 Å². The highest BCUT2D eigenvalue weighted by molar-refractivity contribution is 5.81. The van der Waals surface area contributed by atoms with E-state index in [9.17, 15) is 14.4 Å². The molecule has 5 rings (SSSR count). The van der Waals surface area contributed by atoms with E-state index in [1.54, 1.807) is 4.90 Å². The Hall–Kier alpha value is -3.35. The monoisotopic (exact) mass is 448 g/mol. The van der Waals surface area contributed by atoms with Crippen LogP contribution in [0.1, 0.15) is 36.8 Å². The van der Waals surface area contributed by atoms with Crippen molar-refractivity contribution in [3.63, 3.8) is 0 Å².